The predicted molar refractivity (Wildman–Crippen MR) is 105 cm³/mol. The summed E-state index contributed by atoms with van der Waals surface area (Å²) in [7, 11) is 0. The van der Waals surface area contributed by atoms with Gasteiger partial charge in [-0.15, -0.1) is 12.4 Å². The molecule has 0 spiro atoms. The number of halogens is 2. The summed E-state index contributed by atoms with van der Waals surface area (Å²) in [6.45, 7) is 5.76. The molecule has 2 heterocycles. The Morgan fingerprint density at radius 1 is 1.15 bits per heavy atom. The molecule has 3 aromatic rings. The first-order valence-corrected chi connectivity index (χ1v) is 8.95. The SMILES string of the molecule is Cc1c(C)n(CC2CCC2)c2c(OCc3ccc(F)cc3)ccnc12.Cl. The fraction of sp³-hybridized carbons (Fsp3) is 0.381. The number of nitrogens with zero attached hydrogens (tertiary/aromatic N) is 2. The fourth-order valence-electron chi connectivity index (χ4n) is 3.53. The van der Waals surface area contributed by atoms with E-state index < -0.39 is 0 Å². The molecule has 26 heavy (non-hydrogen) atoms. The first-order valence-electron chi connectivity index (χ1n) is 8.95. The van der Waals surface area contributed by atoms with Crippen molar-refractivity contribution >= 4 is 23.4 Å². The van der Waals surface area contributed by atoms with Gasteiger partial charge in [0.2, 0.25) is 0 Å². The number of fused-ring (bicyclic) bond motifs is 1. The van der Waals surface area contributed by atoms with Crippen LogP contribution in [0.15, 0.2) is 36.5 Å². The van der Waals surface area contributed by atoms with Crippen LogP contribution in [0.3, 0.4) is 0 Å². The lowest BCUT2D eigenvalue weighted by Crippen LogP contribution is -2.18. The third-order valence-electron chi connectivity index (χ3n) is 5.43. The zero-order valence-corrected chi connectivity index (χ0v) is 16.0. The van der Waals surface area contributed by atoms with E-state index in [4.69, 9.17) is 4.74 Å². The summed E-state index contributed by atoms with van der Waals surface area (Å²) in [4.78, 5) is 4.59. The van der Waals surface area contributed by atoms with Crippen molar-refractivity contribution in [3.8, 4) is 5.75 Å². The molecule has 0 unspecified atom stereocenters. The maximum atomic E-state index is 13.1. The van der Waals surface area contributed by atoms with Gasteiger partial charge in [-0.25, -0.2) is 4.39 Å². The third kappa shape index (κ3) is 3.43. The van der Waals surface area contributed by atoms with Crippen molar-refractivity contribution in [2.75, 3.05) is 0 Å². The van der Waals surface area contributed by atoms with Crippen molar-refractivity contribution in [2.45, 2.75) is 46.3 Å². The summed E-state index contributed by atoms with van der Waals surface area (Å²) in [6, 6.07) is 8.39. The van der Waals surface area contributed by atoms with Gasteiger partial charge in [-0.2, -0.15) is 0 Å². The molecule has 2 aromatic heterocycles. The maximum Gasteiger partial charge on any atom is 0.147 e. The summed E-state index contributed by atoms with van der Waals surface area (Å²) >= 11 is 0. The highest BCUT2D eigenvalue weighted by atomic mass is 35.5. The van der Waals surface area contributed by atoms with Gasteiger partial charge < -0.3 is 9.30 Å². The number of rotatable bonds is 5. The van der Waals surface area contributed by atoms with Crippen LogP contribution in [0, 0.1) is 25.6 Å². The number of hydrogen-bond acceptors (Lipinski definition) is 2. The maximum absolute atomic E-state index is 13.1. The highest BCUT2D eigenvalue weighted by Gasteiger charge is 2.22. The van der Waals surface area contributed by atoms with Gasteiger partial charge in [-0.3, -0.25) is 4.98 Å². The highest BCUT2D eigenvalue weighted by Crippen LogP contribution is 2.35. The van der Waals surface area contributed by atoms with E-state index >= 15 is 0 Å². The van der Waals surface area contributed by atoms with Gasteiger partial charge >= 0.3 is 0 Å². The average Bonchev–Trinajstić information content (AvgIpc) is 2.83. The number of hydrogen-bond donors (Lipinski definition) is 0. The van der Waals surface area contributed by atoms with E-state index in [0.29, 0.717) is 6.61 Å². The number of benzene rings is 1. The lowest BCUT2D eigenvalue weighted by atomic mass is 9.85. The topological polar surface area (TPSA) is 27.1 Å². The van der Waals surface area contributed by atoms with Gasteiger partial charge in [0, 0.05) is 24.5 Å². The van der Waals surface area contributed by atoms with Gasteiger partial charge in [0.1, 0.15) is 23.7 Å². The molecular formula is C21H24ClFN2O. The van der Waals surface area contributed by atoms with E-state index in [-0.39, 0.29) is 18.2 Å². The van der Waals surface area contributed by atoms with E-state index in [1.165, 1.54) is 42.7 Å². The minimum atomic E-state index is -0.226. The Kier molecular flexibility index (Phi) is 5.52. The predicted octanol–water partition coefficient (Wildman–Crippen LogP) is 5.59. The van der Waals surface area contributed by atoms with Gasteiger partial charge in [-0.1, -0.05) is 18.6 Å². The van der Waals surface area contributed by atoms with Crippen molar-refractivity contribution in [2.24, 2.45) is 5.92 Å². The molecule has 0 saturated heterocycles. The van der Waals surface area contributed by atoms with Crippen LogP contribution < -0.4 is 4.74 Å². The van der Waals surface area contributed by atoms with Crippen molar-refractivity contribution in [3.05, 3.63) is 59.2 Å². The molecule has 0 amide bonds. The number of ether oxygens (including phenoxy) is 1. The molecule has 138 valence electrons. The van der Waals surface area contributed by atoms with E-state index in [2.05, 4.69) is 23.4 Å². The Morgan fingerprint density at radius 2 is 1.88 bits per heavy atom. The van der Waals surface area contributed by atoms with Crippen molar-refractivity contribution in [3.63, 3.8) is 0 Å². The summed E-state index contributed by atoms with van der Waals surface area (Å²) in [5.74, 6) is 1.39. The summed E-state index contributed by atoms with van der Waals surface area (Å²) in [6.07, 6.45) is 5.77. The molecule has 1 aliphatic carbocycles. The second-order valence-electron chi connectivity index (χ2n) is 7.04. The van der Waals surface area contributed by atoms with Crippen LogP contribution in [-0.2, 0) is 13.2 Å². The molecule has 1 fully saturated rings. The molecule has 5 heteroatoms. The largest absolute Gasteiger partial charge is 0.487 e. The van der Waals surface area contributed by atoms with Crippen LogP contribution in [-0.4, -0.2) is 9.55 Å². The Hall–Kier alpha value is -2.07. The molecule has 1 aromatic carbocycles. The molecule has 4 rings (SSSR count). The van der Waals surface area contributed by atoms with Gasteiger partial charge in [-0.05, 0) is 55.9 Å². The Morgan fingerprint density at radius 3 is 2.54 bits per heavy atom. The molecule has 3 nitrogen and oxygen atoms in total. The summed E-state index contributed by atoms with van der Waals surface area (Å²) in [5, 5.41) is 0. The van der Waals surface area contributed by atoms with Crippen LogP contribution in [0.25, 0.3) is 11.0 Å². The minimum absolute atomic E-state index is 0. The second-order valence-corrected chi connectivity index (χ2v) is 7.04. The van der Waals surface area contributed by atoms with E-state index in [0.717, 1.165) is 34.8 Å². The Labute approximate surface area is 159 Å². The lowest BCUT2D eigenvalue weighted by molar-refractivity contribution is 0.275. The Balaban J connectivity index is 0.00000196. The zero-order chi connectivity index (χ0) is 17.4. The number of aryl methyl sites for hydroxylation is 1. The average molecular weight is 375 g/mol. The van der Waals surface area contributed by atoms with E-state index in [1.807, 2.05) is 12.3 Å². The first-order chi connectivity index (χ1) is 12.1. The monoisotopic (exact) mass is 374 g/mol. The second kappa shape index (κ2) is 7.67. The fourth-order valence-corrected chi connectivity index (χ4v) is 3.53. The van der Waals surface area contributed by atoms with Gasteiger partial charge in [0.15, 0.2) is 0 Å². The smallest absolute Gasteiger partial charge is 0.147 e. The molecular weight excluding hydrogens is 351 g/mol. The molecule has 0 bridgehead atoms. The lowest BCUT2D eigenvalue weighted by Gasteiger charge is -2.27. The molecule has 0 aliphatic heterocycles. The molecule has 0 atom stereocenters. The van der Waals surface area contributed by atoms with Crippen LogP contribution >= 0.6 is 12.4 Å². The van der Waals surface area contributed by atoms with Crippen LogP contribution in [0.2, 0.25) is 0 Å². The number of aromatic nitrogens is 2. The summed E-state index contributed by atoms with van der Waals surface area (Å²) in [5.41, 5.74) is 5.56. The molecule has 0 N–H and O–H groups in total. The van der Waals surface area contributed by atoms with Crippen LogP contribution in [0.1, 0.15) is 36.1 Å². The van der Waals surface area contributed by atoms with Gasteiger partial charge in [0.25, 0.3) is 0 Å². The third-order valence-corrected chi connectivity index (χ3v) is 5.43. The van der Waals surface area contributed by atoms with Crippen molar-refractivity contribution < 1.29 is 9.13 Å². The molecule has 0 radical (unpaired) electrons. The molecule has 1 aliphatic rings. The van der Waals surface area contributed by atoms with E-state index in [9.17, 15) is 4.39 Å². The van der Waals surface area contributed by atoms with Crippen LogP contribution in [0.4, 0.5) is 4.39 Å². The first kappa shape index (κ1) is 18.7. The Bertz CT molecular complexity index is 901. The van der Waals surface area contributed by atoms with E-state index in [1.54, 1.807) is 12.1 Å². The normalized spacial score (nSPS) is 14.1. The number of pyridine rings is 1. The highest BCUT2D eigenvalue weighted by molar-refractivity contribution is 5.86. The minimum Gasteiger partial charge on any atom is -0.487 e. The standard InChI is InChI=1S/C21H23FN2O.ClH/c1-14-15(2)24(12-16-4-3-5-16)21-19(10-11-23-20(14)21)25-13-17-6-8-18(22)9-7-17;/h6-11,16H,3-5,12-13H2,1-2H3;1H. The summed E-state index contributed by atoms with van der Waals surface area (Å²) < 4.78 is 21.5. The zero-order valence-electron chi connectivity index (χ0n) is 15.2. The van der Waals surface area contributed by atoms with Crippen molar-refractivity contribution in [1.29, 1.82) is 0 Å². The van der Waals surface area contributed by atoms with Crippen LogP contribution in [0.5, 0.6) is 5.75 Å². The molecule has 1 saturated carbocycles. The van der Waals surface area contributed by atoms with Gasteiger partial charge in [0.05, 0.1) is 5.52 Å². The van der Waals surface area contributed by atoms with Crippen molar-refractivity contribution in [1.82, 2.24) is 9.55 Å². The quantitative estimate of drug-likeness (QED) is 0.581.